The van der Waals surface area contributed by atoms with Gasteiger partial charge < -0.3 is 5.32 Å². The number of nitrogens with one attached hydrogen (secondary N) is 1. The molecular formula is C15H15Cl2N. The molecule has 18 heavy (non-hydrogen) atoms. The Kier molecular flexibility index (Phi) is 4.15. The van der Waals surface area contributed by atoms with Crippen LogP contribution in [-0.4, -0.2) is 0 Å². The van der Waals surface area contributed by atoms with Crippen molar-refractivity contribution in [3.8, 4) is 0 Å². The fourth-order valence-corrected chi connectivity index (χ4v) is 2.18. The van der Waals surface area contributed by atoms with Crippen molar-refractivity contribution < 1.29 is 0 Å². The number of anilines is 1. The highest BCUT2D eigenvalue weighted by Crippen LogP contribution is 2.26. The first-order valence-electron chi connectivity index (χ1n) is 5.82. The van der Waals surface area contributed by atoms with E-state index in [9.17, 15) is 0 Å². The fraction of sp³-hybridized carbons (Fsp3) is 0.200. The van der Waals surface area contributed by atoms with E-state index in [2.05, 4.69) is 37.4 Å². The van der Waals surface area contributed by atoms with Crippen LogP contribution in [0.1, 0.15) is 16.7 Å². The summed E-state index contributed by atoms with van der Waals surface area (Å²) in [6.07, 6.45) is 0. The average Bonchev–Trinajstić information content (AvgIpc) is 2.35. The zero-order chi connectivity index (χ0) is 13.1. The molecule has 0 aromatic heterocycles. The first-order chi connectivity index (χ1) is 8.58. The summed E-state index contributed by atoms with van der Waals surface area (Å²) in [5, 5.41) is 4.69. The minimum absolute atomic E-state index is 0.683. The van der Waals surface area contributed by atoms with Gasteiger partial charge in [-0.2, -0.15) is 0 Å². The third kappa shape index (κ3) is 2.98. The van der Waals surface area contributed by atoms with Gasteiger partial charge in [0.25, 0.3) is 0 Å². The molecule has 0 unspecified atom stereocenters. The molecule has 0 atom stereocenters. The minimum atomic E-state index is 0.683. The lowest BCUT2D eigenvalue weighted by molar-refractivity contribution is 1.10. The molecule has 94 valence electrons. The highest BCUT2D eigenvalue weighted by Gasteiger charge is 2.03. The summed E-state index contributed by atoms with van der Waals surface area (Å²) in [5.41, 5.74) is 4.74. The molecule has 0 fully saturated rings. The Morgan fingerprint density at radius 2 is 1.83 bits per heavy atom. The maximum Gasteiger partial charge on any atom is 0.0638 e. The Hall–Kier alpha value is -1.18. The summed E-state index contributed by atoms with van der Waals surface area (Å²) in [6, 6.07) is 11.7. The number of aryl methyl sites for hydroxylation is 1. The van der Waals surface area contributed by atoms with E-state index in [1.807, 2.05) is 6.07 Å². The van der Waals surface area contributed by atoms with Crippen LogP contribution < -0.4 is 5.32 Å². The Bertz CT molecular complexity index is 562. The first kappa shape index (κ1) is 13.3. The third-order valence-electron chi connectivity index (χ3n) is 3.11. The van der Waals surface area contributed by atoms with Gasteiger partial charge in [-0.25, -0.2) is 0 Å². The number of halogens is 2. The van der Waals surface area contributed by atoms with E-state index in [0.29, 0.717) is 10.0 Å². The first-order valence-corrected chi connectivity index (χ1v) is 6.57. The van der Waals surface area contributed by atoms with Crippen molar-refractivity contribution in [1.82, 2.24) is 0 Å². The van der Waals surface area contributed by atoms with Crippen molar-refractivity contribution in [3.63, 3.8) is 0 Å². The van der Waals surface area contributed by atoms with Crippen LogP contribution in [-0.2, 0) is 6.54 Å². The zero-order valence-electron chi connectivity index (χ0n) is 10.4. The van der Waals surface area contributed by atoms with E-state index in [4.69, 9.17) is 23.2 Å². The van der Waals surface area contributed by atoms with Crippen LogP contribution in [0.15, 0.2) is 36.4 Å². The lowest BCUT2D eigenvalue weighted by Crippen LogP contribution is -2.02. The van der Waals surface area contributed by atoms with Gasteiger partial charge in [0.2, 0.25) is 0 Å². The normalized spacial score (nSPS) is 10.4. The van der Waals surface area contributed by atoms with Crippen LogP contribution in [0.3, 0.4) is 0 Å². The van der Waals surface area contributed by atoms with E-state index in [1.165, 1.54) is 16.7 Å². The van der Waals surface area contributed by atoms with Crippen molar-refractivity contribution in [2.75, 3.05) is 5.32 Å². The summed E-state index contributed by atoms with van der Waals surface area (Å²) in [5.74, 6) is 0. The van der Waals surface area contributed by atoms with Gasteiger partial charge in [-0.15, -0.1) is 0 Å². The van der Waals surface area contributed by atoms with E-state index in [0.717, 1.165) is 12.2 Å². The predicted molar refractivity (Wildman–Crippen MR) is 79.7 cm³/mol. The largest absolute Gasteiger partial charge is 0.380 e. The van der Waals surface area contributed by atoms with Gasteiger partial charge >= 0.3 is 0 Å². The van der Waals surface area contributed by atoms with Gasteiger partial charge in [0.15, 0.2) is 0 Å². The Morgan fingerprint density at radius 3 is 2.61 bits per heavy atom. The summed E-state index contributed by atoms with van der Waals surface area (Å²) < 4.78 is 0. The second-order valence-corrected chi connectivity index (χ2v) is 5.18. The molecule has 0 aliphatic rings. The molecular weight excluding hydrogens is 265 g/mol. The maximum atomic E-state index is 6.11. The van der Waals surface area contributed by atoms with Crippen LogP contribution in [0, 0.1) is 13.8 Å². The second-order valence-electron chi connectivity index (χ2n) is 4.34. The lowest BCUT2D eigenvalue weighted by atomic mass is 10.0. The summed E-state index contributed by atoms with van der Waals surface area (Å²) in [7, 11) is 0. The van der Waals surface area contributed by atoms with Crippen molar-refractivity contribution in [1.29, 1.82) is 0 Å². The molecule has 3 heteroatoms. The molecule has 0 radical (unpaired) electrons. The molecule has 0 saturated heterocycles. The number of benzene rings is 2. The van der Waals surface area contributed by atoms with Gasteiger partial charge in [-0.1, -0.05) is 41.4 Å². The Labute approximate surface area is 118 Å². The summed E-state index contributed by atoms with van der Waals surface area (Å²) in [6.45, 7) is 4.99. The highest BCUT2D eigenvalue weighted by molar-refractivity contribution is 6.35. The molecule has 1 N–H and O–H groups in total. The number of hydrogen-bond acceptors (Lipinski definition) is 1. The molecule has 2 rings (SSSR count). The van der Waals surface area contributed by atoms with Crippen molar-refractivity contribution >= 4 is 28.9 Å². The molecule has 0 amide bonds. The topological polar surface area (TPSA) is 12.0 Å². The van der Waals surface area contributed by atoms with Crippen molar-refractivity contribution in [3.05, 3.63) is 63.1 Å². The SMILES string of the molecule is Cc1cccc(CNc2cc(Cl)ccc2Cl)c1C. The van der Waals surface area contributed by atoms with Crippen molar-refractivity contribution in [2.24, 2.45) is 0 Å². The third-order valence-corrected chi connectivity index (χ3v) is 3.68. The van der Waals surface area contributed by atoms with Crippen LogP contribution in [0.5, 0.6) is 0 Å². The molecule has 0 spiro atoms. The van der Waals surface area contributed by atoms with E-state index in [1.54, 1.807) is 12.1 Å². The highest BCUT2D eigenvalue weighted by atomic mass is 35.5. The second kappa shape index (κ2) is 5.64. The Morgan fingerprint density at radius 1 is 1.06 bits per heavy atom. The molecule has 2 aromatic carbocycles. The fourth-order valence-electron chi connectivity index (χ4n) is 1.83. The number of hydrogen-bond donors (Lipinski definition) is 1. The standard InChI is InChI=1S/C15H15Cl2N/c1-10-4-3-5-12(11(10)2)9-18-15-8-13(16)6-7-14(15)17/h3-8,18H,9H2,1-2H3. The summed E-state index contributed by atoms with van der Waals surface area (Å²) in [4.78, 5) is 0. The quantitative estimate of drug-likeness (QED) is 0.812. The molecule has 1 nitrogen and oxygen atoms in total. The molecule has 0 saturated carbocycles. The minimum Gasteiger partial charge on any atom is -0.380 e. The predicted octanol–water partition coefficient (Wildman–Crippen LogP) is 5.22. The van der Waals surface area contributed by atoms with Gasteiger partial charge in [-0.05, 0) is 48.7 Å². The van der Waals surface area contributed by atoms with Crippen LogP contribution in [0.4, 0.5) is 5.69 Å². The molecule has 2 aromatic rings. The van der Waals surface area contributed by atoms with E-state index in [-0.39, 0.29) is 0 Å². The van der Waals surface area contributed by atoms with Gasteiger partial charge in [0.1, 0.15) is 0 Å². The summed E-state index contributed by atoms with van der Waals surface area (Å²) >= 11 is 12.1. The van der Waals surface area contributed by atoms with Gasteiger partial charge in [0.05, 0.1) is 10.7 Å². The molecule has 0 aliphatic heterocycles. The van der Waals surface area contributed by atoms with E-state index >= 15 is 0 Å². The monoisotopic (exact) mass is 279 g/mol. The van der Waals surface area contributed by atoms with Gasteiger partial charge in [-0.3, -0.25) is 0 Å². The van der Waals surface area contributed by atoms with E-state index < -0.39 is 0 Å². The number of rotatable bonds is 3. The zero-order valence-corrected chi connectivity index (χ0v) is 11.9. The maximum absolute atomic E-state index is 6.11. The molecule has 0 bridgehead atoms. The van der Waals surface area contributed by atoms with Crippen LogP contribution in [0.2, 0.25) is 10.0 Å². The van der Waals surface area contributed by atoms with Gasteiger partial charge in [0, 0.05) is 11.6 Å². The van der Waals surface area contributed by atoms with Crippen LogP contribution in [0.25, 0.3) is 0 Å². The van der Waals surface area contributed by atoms with Crippen molar-refractivity contribution in [2.45, 2.75) is 20.4 Å². The Balaban J connectivity index is 2.16. The van der Waals surface area contributed by atoms with Crippen LogP contribution >= 0.6 is 23.2 Å². The average molecular weight is 280 g/mol. The lowest BCUT2D eigenvalue weighted by Gasteiger charge is -2.12. The molecule has 0 aliphatic carbocycles. The smallest absolute Gasteiger partial charge is 0.0638 e. The molecule has 0 heterocycles.